The molecule has 1 radical (unpaired) electrons. The number of aromatic nitrogens is 8. The van der Waals surface area contributed by atoms with Crippen molar-refractivity contribution in [1.82, 2.24) is 45.3 Å². The molecule has 0 N–H and O–H groups in total. The summed E-state index contributed by atoms with van der Waals surface area (Å²) in [5, 5.41) is 22.6. The average molecular weight is 440 g/mol. The van der Waals surface area contributed by atoms with Crippen molar-refractivity contribution in [2.75, 3.05) is 20.1 Å². The van der Waals surface area contributed by atoms with Crippen LogP contribution in [0.2, 0.25) is 0 Å². The molecule has 0 amide bonds. The van der Waals surface area contributed by atoms with E-state index in [1.807, 2.05) is 0 Å². The first kappa shape index (κ1) is 14.2. The van der Waals surface area contributed by atoms with E-state index in [1.54, 1.807) is 4.68 Å². The van der Waals surface area contributed by atoms with E-state index in [0.717, 1.165) is 19.5 Å². The number of likely N-dealkylation sites (tertiary alicyclic amines) is 1. The molecule has 2 aromatic rings. The molecule has 1 aliphatic heterocycles. The standard InChI is InChI=1S/C9H14N9.Ir/c1-7-5-16(2)4-3-8(7)18-9(11-13-15-18)17-6-10-12-14-17;/h7-8H,3-5H2,1-2H3;/q-1;. The van der Waals surface area contributed by atoms with E-state index >= 15 is 0 Å². The molecule has 2 unspecified atom stereocenters. The average Bonchev–Trinajstić information content (AvgIpc) is 2.98. The van der Waals surface area contributed by atoms with Gasteiger partial charge in [0, 0.05) is 32.7 Å². The minimum absolute atomic E-state index is 0. The molecule has 0 bridgehead atoms. The minimum Gasteiger partial charge on any atom is -0.330 e. The summed E-state index contributed by atoms with van der Waals surface area (Å²) in [5.74, 6) is 0.990. The van der Waals surface area contributed by atoms with E-state index in [0.29, 0.717) is 11.9 Å². The zero-order valence-corrected chi connectivity index (χ0v) is 13.0. The molecule has 2 atom stereocenters. The zero-order valence-electron chi connectivity index (χ0n) is 10.6. The fraction of sp³-hybridized carbons (Fsp3) is 0.778. The predicted octanol–water partition coefficient (Wildman–Crippen LogP) is -1.04. The van der Waals surface area contributed by atoms with E-state index in [4.69, 9.17) is 0 Å². The summed E-state index contributed by atoms with van der Waals surface area (Å²) in [5.41, 5.74) is 0. The van der Waals surface area contributed by atoms with Crippen molar-refractivity contribution in [3.05, 3.63) is 6.33 Å². The Morgan fingerprint density at radius 2 is 2.11 bits per heavy atom. The Balaban J connectivity index is 0.00000133. The molecular weight excluding hydrogens is 426 g/mol. The number of rotatable bonds is 2. The monoisotopic (exact) mass is 441 g/mol. The van der Waals surface area contributed by atoms with Gasteiger partial charge in [-0.3, -0.25) is 4.68 Å². The summed E-state index contributed by atoms with van der Waals surface area (Å²) in [6, 6.07) is 0.267. The van der Waals surface area contributed by atoms with Crippen molar-refractivity contribution in [3.63, 3.8) is 0 Å². The Hall–Kier alpha value is -1.25. The Kier molecular flexibility index (Phi) is 4.33. The van der Waals surface area contributed by atoms with Gasteiger partial charge in [0.2, 0.25) is 0 Å². The molecule has 105 valence electrons. The molecule has 9 nitrogen and oxygen atoms in total. The molecule has 2 aromatic heterocycles. The molecule has 1 saturated heterocycles. The quantitative estimate of drug-likeness (QED) is 0.551. The van der Waals surface area contributed by atoms with E-state index in [2.05, 4.69) is 56.2 Å². The van der Waals surface area contributed by atoms with Crippen molar-refractivity contribution in [1.29, 1.82) is 0 Å². The van der Waals surface area contributed by atoms with Crippen LogP contribution in [0, 0.1) is 12.2 Å². The van der Waals surface area contributed by atoms with Crippen LogP contribution in [0.15, 0.2) is 0 Å². The van der Waals surface area contributed by atoms with Crippen molar-refractivity contribution < 1.29 is 20.1 Å². The van der Waals surface area contributed by atoms with Gasteiger partial charge in [-0.2, -0.15) is 5.10 Å². The Morgan fingerprint density at radius 1 is 1.26 bits per heavy atom. The van der Waals surface area contributed by atoms with Gasteiger partial charge in [-0.1, -0.05) is 17.4 Å². The van der Waals surface area contributed by atoms with Crippen molar-refractivity contribution in [2.45, 2.75) is 19.4 Å². The summed E-state index contributed by atoms with van der Waals surface area (Å²) in [6.07, 6.45) is 3.63. The first-order valence-electron chi connectivity index (χ1n) is 5.88. The molecule has 0 aromatic carbocycles. The summed E-state index contributed by atoms with van der Waals surface area (Å²) in [6.45, 7) is 4.27. The van der Waals surface area contributed by atoms with Crippen LogP contribution in [-0.2, 0) is 20.1 Å². The SMILES string of the molecule is CC1CN(C)CCC1n1nnnc1-n1[c-]nnn1.[Ir]. The second-order valence-electron chi connectivity index (χ2n) is 4.71. The van der Waals surface area contributed by atoms with Gasteiger partial charge in [-0.25, -0.2) is 5.10 Å². The Labute approximate surface area is 123 Å². The molecule has 1 fully saturated rings. The second kappa shape index (κ2) is 5.81. The van der Waals surface area contributed by atoms with Crippen LogP contribution in [-0.4, -0.2) is 65.5 Å². The first-order valence-corrected chi connectivity index (χ1v) is 5.88. The van der Waals surface area contributed by atoms with Crippen LogP contribution >= 0.6 is 0 Å². The van der Waals surface area contributed by atoms with Gasteiger partial charge in [0.15, 0.2) is 0 Å². The summed E-state index contributed by atoms with van der Waals surface area (Å²) >= 11 is 0. The smallest absolute Gasteiger partial charge is 0.117 e. The summed E-state index contributed by atoms with van der Waals surface area (Å²) in [4.78, 5) is 2.31. The van der Waals surface area contributed by atoms with Crippen molar-refractivity contribution in [3.8, 4) is 5.95 Å². The maximum atomic E-state index is 4.07. The Morgan fingerprint density at radius 3 is 2.79 bits per heavy atom. The zero-order chi connectivity index (χ0) is 12.5. The molecule has 3 rings (SSSR count). The van der Waals surface area contributed by atoms with E-state index in [9.17, 15) is 0 Å². The van der Waals surface area contributed by atoms with Gasteiger partial charge in [0.25, 0.3) is 0 Å². The van der Waals surface area contributed by atoms with Crippen LogP contribution in [0.4, 0.5) is 0 Å². The van der Waals surface area contributed by atoms with Gasteiger partial charge in [0.05, 0.1) is 0 Å². The van der Waals surface area contributed by atoms with Crippen molar-refractivity contribution >= 4 is 0 Å². The minimum atomic E-state index is 0. The second-order valence-corrected chi connectivity index (χ2v) is 4.71. The third-order valence-electron chi connectivity index (χ3n) is 3.36. The fourth-order valence-electron chi connectivity index (χ4n) is 2.48. The van der Waals surface area contributed by atoms with Crippen LogP contribution in [0.3, 0.4) is 0 Å². The van der Waals surface area contributed by atoms with Gasteiger partial charge >= 0.3 is 0 Å². The molecule has 0 saturated carbocycles. The van der Waals surface area contributed by atoms with Gasteiger partial charge in [0.1, 0.15) is 5.95 Å². The molecule has 3 heterocycles. The topological polar surface area (TPSA) is 90.4 Å². The summed E-state index contributed by atoms with van der Waals surface area (Å²) < 4.78 is 3.16. The fourth-order valence-corrected chi connectivity index (χ4v) is 2.48. The van der Waals surface area contributed by atoms with Gasteiger partial charge in [-0.15, -0.1) is 0 Å². The van der Waals surface area contributed by atoms with Crippen molar-refractivity contribution in [2.24, 2.45) is 5.92 Å². The normalized spacial score (nSPS) is 24.1. The first-order chi connectivity index (χ1) is 8.75. The molecule has 0 aliphatic carbocycles. The van der Waals surface area contributed by atoms with Crippen LogP contribution in [0.5, 0.6) is 0 Å². The van der Waals surface area contributed by atoms with Gasteiger partial charge < -0.3 is 9.58 Å². The number of hydrogen-bond donors (Lipinski definition) is 0. The Bertz CT molecular complexity index is 510. The van der Waals surface area contributed by atoms with Crippen LogP contribution < -0.4 is 0 Å². The maximum Gasteiger partial charge on any atom is 0.117 e. The molecule has 10 heteroatoms. The number of tetrazole rings is 2. The van der Waals surface area contributed by atoms with Gasteiger partial charge in [-0.05, 0) is 42.7 Å². The maximum absolute atomic E-state index is 4.07. The predicted molar refractivity (Wildman–Crippen MR) is 59.7 cm³/mol. The van der Waals surface area contributed by atoms with E-state index in [-0.39, 0.29) is 26.1 Å². The van der Waals surface area contributed by atoms with E-state index < -0.39 is 0 Å². The molecule has 0 spiro atoms. The largest absolute Gasteiger partial charge is 0.330 e. The van der Waals surface area contributed by atoms with E-state index in [1.165, 1.54) is 4.68 Å². The molecule has 1 aliphatic rings. The van der Waals surface area contributed by atoms with Crippen LogP contribution in [0.1, 0.15) is 19.4 Å². The third-order valence-corrected chi connectivity index (χ3v) is 3.36. The number of piperidine rings is 1. The third kappa shape index (κ3) is 2.70. The number of hydrogen-bond acceptors (Lipinski definition) is 7. The molecular formula is C9H14IrN9-. The number of nitrogens with zero attached hydrogens (tertiary/aromatic N) is 9. The van der Waals surface area contributed by atoms with Crippen LogP contribution in [0.25, 0.3) is 5.95 Å². The molecule has 19 heavy (non-hydrogen) atoms. The summed E-state index contributed by atoms with van der Waals surface area (Å²) in [7, 11) is 2.13.